The summed E-state index contributed by atoms with van der Waals surface area (Å²) in [6.07, 6.45) is 5.40. The van der Waals surface area contributed by atoms with Gasteiger partial charge in [0.1, 0.15) is 0 Å². The molecule has 4 atom stereocenters. The second-order valence-corrected chi connectivity index (χ2v) is 16.7. The number of halogens is 1. The van der Waals surface area contributed by atoms with E-state index in [9.17, 15) is 0 Å². The Morgan fingerprint density at radius 1 is 0.472 bits per heavy atom. The molecule has 0 amide bonds. The first-order valence-electron chi connectivity index (χ1n) is 18.9. The summed E-state index contributed by atoms with van der Waals surface area (Å²) in [5, 5.41) is 4.89. The lowest BCUT2D eigenvalue weighted by Crippen LogP contribution is -2.45. The van der Waals surface area contributed by atoms with Crippen molar-refractivity contribution in [2.75, 3.05) is 0 Å². The summed E-state index contributed by atoms with van der Waals surface area (Å²) in [4.78, 5) is 15.2. The molecule has 1 unspecified atom stereocenters. The van der Waals surface area contributed by atoms with Gasteiger partial charge in [0, 0.05) is 26.0 Å². The van der Waals surface area contributed by atoms with Crippen LogP contribution in [0.2, 0.25) is 0 Å². The van der Waals surface area contributed by atoms with E-state index in [4.69, 9.17) is 15.0 Å². The van der Waals surface area contributed by atoms with E-state index in [-0.39, 0.29) is 5.41 Å². The molecule has 0 aliphatic heterocycles. The van der Waals surface area contributed by atoms with Crippen LogP contribution in [0.3, 0.4) is 0 Å². The van der Waals surface area contributed by atoms with Crippen molar-refractivity contribution in [3.05, 3.63) is 163 Å². The van der Waals surface area contributed by atoms with Gasteiger partial charge in [-0.15, -0.1) is 0 Å². The lowest BCUT2D eigenvalue weighted by molar-refractivity contribution is 0.257. The van der Waals surface area contributed by atoms with Crippen LogP contribution in [0.15, 0.2) is 152 Å². The van der Waals surface area contributed by atoms with E-state index in [0.717, 1.165) is 22.6 Å². The van der Waals surface area contributed by atoms with Crippen LogP contribution in [0.25, 0.3) is 78.0 Å². The third kappa shape index (κ3) is 4.81. The first kappa shape index (κ1) is 31.3. The fourth-order valence-electron chi connectivity index (χ4n) is 10.2. The highest BCUT2D eigenvalue weighted by Crippen LogP contribution is 2.65. The zero-order chi connectivity index (χ0) is 35.1. The Bertz CT molecular complexity index is 2720. The molecule has 0 radical (unpaired) electrons. The number of rotatable bonds is 4. The maximum atomic E-state index is 5.12. The SMILES string of the molecule is I[C@@H]1C[C@@H]2CC[C@@H](C2)C12c1ccccc1-c1c(-c3ccc(-c4nc(-c5ccccc5)nc(-c5ccc6c(ccc7ccccc76)c5)n4)cc3)cccc12. The van der Waals surface area contributed by atoms with E-state index < -0.39 is 0 Å². The average molecular weight is 794 g/mol. The highest BCUT2D eigenvalue weighted by Gasteiger charge is 2.58. The van der Waals surface area contributed by atoms with E-state index in [1.54, 1.807) is 11.1 Å². The number of fused-ring (bicyclic) bond motifs is 11. The molecule has 7 aromatic carbocycles. The normalized spacial score (nSPS) is 21.3. The van der Waals surface area contributed by atoms with E-state index in [1.807, 2.05) is 18.2 Å². The molecule has 1 aromatic heterocycles. The third-order valence-electron chi connectivity index (χ3n) is 12.5. The minimum Gasteiger partial charge on any atom is -0.208 e. The van der Waals surface area contributed by atoms with Gasteiger partial charge in [0.15, 0.2) is 17.5 Å². The number of nitrogens with zero attached hydrogens (tertiary/aromatic N) is 3. The van der Waals surface area contributed by atoms with Gasteiger partial charge in [-0.3, -0.25) is 0 Å². The summed E-state index contributed by atoms with van der Waals surface area (Å²) in [7, 11) is 0. The summed E-state index contributed by atoms with van der Waals surface area (Å²) < 4.78 is 0.602. The Kier molecular flexibility index (Phi) is 7.20. The largest absolute Gasteiger partial charge is 0.208 e. The average Bonchev–Trinajstić information content (AvgIpc) is 3.77. The second kappa shape index (κ2) is 12.2. The molecule has 11 rings (SSSR count). The fourth-order valence-corrected chi connectivity index (χ4v) is 12.0. The number of alkyl halides is 1. The lowest BCUT2D eigenvalue weighted by Gasteiger charge is -2.45. The Balaban J connectivity index is 1.02. The summed E-state index contributed by atoms with van der Waals surface area (Å²) >= 11 is 2.81. The van der Waals surface area contributed by atoms with Gasteiger partial charge in [-0.05, 0) is 92.1 Å². The molecule has 4 heteroatoms. The summed E-state index contributed by atoms with van der Waals surface area (Å²) in [6, 6.07) is 55.0. The monoisotopic (exact) mass is 793 g/mol. The minimum atomic E-state index is 0.0976. The van der Waals surface area contributed by atoms with Gasteiger partial charge in [-0.25, -0.2) is 15.0 Å². The van der Waals surface area contributed by atoms with Crippen molar-refractivity contribution in [3.63, 3.8) is 0 Å². The first-order valence-corrected chi connectivity index (χ1v) is 20.1. The van der Waals surface area contributed by atoms with Crippen LogP contribution in [0.1, 0.15) is 36.8 Å². The standard InChI is InChI=1S/C49H36IN3/c50-44-28-30-17-25-37(27-30)49(44)42-15-7-6-13-41(42)45-40(14-8-16-43(45)49)32-18-21-34(22-19-32)47-51-46(33-10-2-1-3-11-33)52-48(53-47)36-24-26-39-35(29-36)23-20-31-9-4-5-12-38(31)39/h1-16,18-24,26,29-30,37,44H,17,25,27-28H2/t30-,37+,44-,49?/m1/s1. The molecule has 2 bridgehead atoms. The Morgan fingerprint density at radius 2 is 1.09 bits per heavy atom. The highest BCUT2D eigenvalue weighted by molar-refractivity contribution is 14.1. The van der Waals surface area contributed by atoms with Gasteiger partial charge in [0.25, 0.3) is 0 Å². The van der Waals surface area contributed by atoms with Gasteiger partial charge in [0.2, 0.25) is 0 Å². The third-order valence-corrected chi connectivity index (χ3v) is 14.0. The Morgan fingerprint density at radius 3 is 1.94 bits per heavy atom. The van der Waals surface area contributed by atoms with Crippen molar-refractivity contribution >= 4 is 44.1 Å². The maximum absolute atomic E-state index is 5.12. The molecule has 3 nitrogen and oxygen atoms in total. The number of hydrogen-bond acceptors (Lipinski definition) is 3. The molecule has 0 N–H and O–H groups in total. The van der Waals surface area contributed by atoms with Crippen molar-refractivity contribution in [1.82, 2.24) is 15.0 Å². The van der Waals surface area contributed by atoms with Crippen LogP contribution in [0.4, 0.5) is 0 Å². The number of hydrogen-bond donors (Lipinski definition) is 0. The van der Waals surface area contributed by atoms with Gasteiger partial charge in [0.05, 0.1) is 0 Å². The van der Waals surface area contributed by atoms with Crippen LogP contribution >= 0.6 is 22.6 Å². The molecular weight excluding hydrogens is 757 g/mol. The zero-order valence-electron chi connectivity index (χ0n) is 29.2. The highest BCUT2D eigenvalue weighted by atomic mass is 127. The van der Waals surface area contributed by atoms with Gasteiger partial charge < -0.3 is 0 Å². The topological polar surface area (TPSA) is 38.7 Å². The van der Waals surface area contributed by atoms with Crippen molar-refractivity contribution in [2.45, 2.75) is 35.0 Å². The van der Waals surface area contributed by atoms with Crippen molar-refractivity contribution in [2.24, 2.45) is 11.8 Å². The van der Waals surface area contributed by atoms with Crippen molar-refractivity contribution in [1.29, 1.82) is 0 Å². The molecule has 53 heavy (non-hydrogen) atoms. The quantitative estimate of drug-likeness (QED) is 0.101. The van der Waals surface area contributed by atoms with E-state index in [1.165, 1.54) is 69.5 Å². The number of aromatic nitrogens is 3. The fraction of sp³-hybridized carbons (Fsp3) is 0.163. The number of benzene rings is 7. The molecule has 2 saturated carbocycles. The van der Waals surface area contributed by atoms with E-state index in [0.29, 0.717) is 27.3 Å². The summed E-state index contributed by atoms with van der Waals surface area (Å²) in [5.41, 5.74) is 11.5. The molecule has 3 aliphatic rings. The van der Waals surface area contributed by atoms with Crippen molar-refractivity contribution < 1.29 is 0 Å². The molecule has 1 spiro atoms. The van der Waals surface area contributed by atoms with Crippen LogP contribution in [-0.2, 0) is 5.41 Å². The molecule has 1 heterocycles. The second-order valence-electron chi connectivity index (χ2n) is 15.2. The zero-order valence-corrected chi connectivity index (χ0v) is 31.4. The smallest absolute Gasteiger partial charge is 0.164 e. The van der Waals surface area contributed by atoms with Crippen LogP contribution in [0, 0.1) is 11.8 Å². The van der Waals surface area contributed by atoms with Crippen molar-refractivity contribution in [3.8, 4) is 56.4 Å². The summed E-state index contributed by atoms with van der Waals surface area (Å²) in [6.45, 7) is 0. The van der Waals surface area contributed by atoms with E-state index >= 15 is 0 Å². The molecule has 3 aliphatic carbocycles. The molecule has 0 saturated heterocycles. The van der Waals surface area contributed by atoms with Gasteiger partial charge in [-0.2, -0.15) is 0 Å². The molecule has 8 aromatic rings. The van der Waals surface area contributed by atoms with Gasteiger partial charge in [-0.1, -0.05) is 175 Å². The van der Waals surface area contributed by atoms with Gasteiger partial charge >= 0.3 is 0 Å². The predicted octanol–water partition coefficient (Wildman–Crippen LogP) is 12.7. The first-order chi connectivity index (χ1) is 26.1. The molecule has 2 fully saturated rings. The lowest BCUT2D eigenvalue weighted by atomic mass is 9.61. The maximum Gasteiger partial charge on any atom is 0.164 e. The molecular formula is C49H36IN3. The van der Waals surface area contributed by atoms with Crippen LogP contribution < -0.4 is 0 Å². The van der Waals surface area contributed by atoms with Crippen LogP contribution in [0.5, 0.6) is 0 Å². The Hall–Kier alpha value is -5.20. The predicted molar refractivity (Wildman–Crippen MR) is 226 cm³/mol. The van der Waals surface area contributed by atoms with Crippen LogP contribution in [-0.4, -0.2) is 18.9 Å². The summed E-state index contributed by atoms with van der Waals surface area (Å²) in [5.74, 6) is 3.62. The van der Waals surface area contributed by atoms with E-state index in [2.05, 4.69) is 156 Å². The minimum absolute atomic E-state index is 0.0976. The molecule has 254 valence electrons. The Labute approximate surface area is 323 Å².